The highest BCUT2D eigenvalue weighted by Crippen LogP contribution is 2.43. The van der Waals surface area contributed by atoms with Crippen LogP contribution in [0.25, 0.3) is 22.4 Å². The minimum Gasteiger partial charge on any atom is -0.437 e. The molecular formula is C17H13FN2O4. The fraction of sp³-hybridized carbons (Fsp3) is 0.235. The largest absolute Gasteiger partial charge is 0.513 e. The van der Waals surface area contributed by atoms with Gasteiger partial charge < -0.3 is 14.0 Å². The Kier molecular flexibility index (Phi) is 3.41. The molecule has 0 spiro atoms. The van der Waals surface area contributed by atoms with Gasteiger partial charge in [-0.15, -0.1) is 0 Å². The summed E-state index contributed by atoms with van der Waals surface area (Å²) in [5, 5.41) is 4.47. The van der Waals surface area contributed by atoms with E-state index in [0.717, 1.165) is 18.5 Å². The van der Waals surface area contributed by atoms with Crippen LogP contribution < -0.4 is 4.74 Å². The molecule has 0 amide bonds. The smallest absolute Gasteiger partial charge is 0.437 e. The third-order valence-electron chi connectivity index (χ3n) is 3.90. The van der Waals surface area contributed by atoms with Gasteiger partial charge in [-0.1, -0.05) is 5.16 Å². The molecule has 0 radical (unpaired) electrons. The van der Waals surface area contributed by atoms with Crippen molar-refractivity contribution in [3.63, 3.8) is 0 Å². The summed E-state index contributed by atoms with van der Waals surface area (Å²) < 4.78 is 28.3. The first-order valence-electron chi connectivity index (χ1n) is 7.48. The van der Waals surface area contributed by atoms with Crippen molar-refractivity contribution in [2.75, 3.05) is 7.11 Å². The van der Waals surface area contributed by atoms with Gasteiger partial charge in [-0.25, -0.2) is 14.2 Å². The van der Waals surface area contributed by atoms with Gasteiger partial charge in [0.1, 0.15) is 16.9 Å². The molecule has 4 rings (SSSR count). The molecule has 2 heterocycles. The van der Waals surface area contributed by atoms with E-state index in [9.17, 15) is 9.18 Å². The van der Waals surface area contributed by atoms with E-state index in [1.54, 1.807) is 18.2 Å². The Morgan fingerprint density at radius 3 is 2.71 bits per heavy atom. The number of pyridine rings is 1. The molecule has 2 aromatic heterocycles. The zero-order valence-corrected chi connectivity index (χ0v) is 12.8. The van der Waals surface area contributed by atoms with Gasteiger partial charge in [0.05, 0.1) is 12.8 Å². The third-order valence-corrected chi connectivity index (χ3v) is 3.90. The fourth-order valence-corrected chi connectivity index (χ4v) is 2.54. The number of hydrogen-bond donors (Lipinski definition) is 0. The van der Waals surface area contributed by atoms with Crippen LogP contribution in [-0.2, 0) is 4.74 Å². The highest BCUT2D eigenvalue weighted by Gasteiger charge is 2.29. The quantitative estimate of drug-likeness (QED) is 0.675. The van der Waals surface area contributed by atoms with Gasteiger partial charge in [0.25, 0.3) is 5.71 Å². The topological polar surface area (TPSA) is 74.5 Å². The van der Waals surface area contributed by atoms with E-state index in [4.69, 9.17) is 9.26 Å². The summed E-state index contributed by atoms with van der Waals surface area (Å²) in [7, 11) is 1.23. The summed E-state index contributed by atoms with van der Waals surface area (Å²) in [5.41, 5.74) is 2.13. The van der Waals surface area contributed by atoms with Crippen molar-refractivity contribution in [3.8, 4) is 17.0 Å². The average molecular weight is 328 g/mol. The highest BCUT2D eigenvalue weighted by atomic mass is 19.1. The number of benzene rings is 1. The minimum absolute atomic E-state index is 0.273. The minimum atomic E-state index is -0.837. The maximum Gasteiger partial charge on any atom is 0.513 e. The van der Waals surface area contributed by atoms with Crippen LogP contribution in [0, 0.1) is 5.82 Å². The average Bonchev–Trinajstić information content (AvgIpc) is 3.35. The van der Waals surface area contributed by atoms with Crippen LogP contribution in [-0.4, -0.2) is 23.4 Å². The first-order valence-corrected chi connectivity index (χ1v) is 7.48. The standard InChI is InChI=1S/C17H13FN2O4/c1-22-17(21)23-13-8-12(9-2-3-9)19-16-14(13)15(20-24-16)10-4-6-11(18)7-5-10/h4-9H,2-3H2,1H3. The van der Waals surface area contributed by atoms with E-state index in [-0.39, 0.29) is 17.3 Å². The Balaban J connectivity index is 1.88. The van der Waals surface area contributed by atoms with Crippen LogP contribution in [0.5, 0.6) is 5.75 Å². The molecule has 0 saturated heterocycles. The summed E-state index contributed by atoms with van der Waals surface area (Å²) in [6.45, 7) is 0. The van der Waals surface area contributed by atoms with Crippen LogP contribution >= 0.6 is 0 Å². The molecule has 6 nitrogen and oxygen atoms in total. The molecule has 3 aromatic rings. The molecule has 1 fully saturated rings. The van der Waals surface area contributed by atoms with Crippen molar-refractivity contribution in [2.24, 2.45) is 0 Å². The third kappa shape index (κ3) is 2.58. The second-order valence-corrected chi connectivity index (χ2v) is 5.59. The first-order chi connectivity index (χ1) is 11.7. The molecule has 1 aliphatic carbocycles. The molecule has 0 unspecified atom stereocenters. The molecule has 0 N–H and O–H groups in total. The highest BCUT2D eigenvalue weighted by molar-refractivity contribution is 5.95. The lowest BCUT2D eigenvalue weighted by Crippen LogP contribution is -2.08. The lowest BCUT2D eigenvalue weighted by Gasteiger charge is -2.06. The molecule has 122 valence electrons. The number of rotatable bonds is 3. The van der Waals surface area contributed by atoms with Crippen molar-refractivity contribution in [1.29, 1.82) is 0 Å². The Bertz CT molecular complexity index is 916. The molecule has 24 heavy (non-hydrogen) atoms. The molecule has 7 heteroatoms. The molecular weight excluding hydrogens is 315 g/mol. The number of nitrogens with zero attached hydrogens (tertiary/aromatic N) is 2. The van der Waals surface area contributed by atoms with Gasteiger partial charge in [-0.2, -0.15) is 0 Å². The Morgan fingerprint density at radius 1 is 1.29 bits per heavy atom. The van der Waals surface area contributed by atoms with Crippen molar-refractivity contribution < 1.29 is 23.2 Å². The van der Waals surface area contributed by atoms with Crippen LogP contribution in [0.1, 0.15) is 24.5 Å². The number of aromatic nitrogens is 2. The number of carbonyl (C=O) groups excluding carboxylic acids is 1. The molecule has 0 bridgehead atoms. The zero-order chi connectivity index (χ0) is 16.7. The number of halogens is 1. The summed E-state index contributed by atoms with van der Waals surface area (Å²) in [5.74, 6) is 0.259. The number of carbonyl (C=O) groups is 1. The van der Waals surface area contributed by atoms with Gasteiger partial charge in [0.2, 0.25) is 0 Å². The van der Waals surface area contributed by atoms with Gasteiger partial charge in [0.15, 0.2) is 5.75 Å². The Labute approximate surface area is 136 Å². The normalized spacial score (nSPS) is 13.9. The van der Waals surface area contributed by atoms with Crippen molar-refractivity contribution in [3.05, 3.63) is 41.8 Å². The number of hydrogen-bond acceptors (Lipinski definition) is 6. The van der Waals surface area contributed by atoms with Gasteiger partial charge in [0, 0.05) is 17.5 Å². The van der Waals surface area contributed by atoms with Gasteiger partial charge >= 0.3 is 6.16 Å². The summed E-state index contributed by atoms with van der Waals surface area (Å²) in [6, 6.07) is 7.50. The lowest BCUT2D eigenvalue weighted by molar-refractivity contribution is 0.122. The Morgan fingerprint density at radius 2 is 2.04 bits per heavy atom. The van der Waals surface area contributed by atoms with Gasteiger partial charge in [-0.05, 0) is 37.1 Å². The van der Waals surface area contributed by atoms with Crippen molar-refractivity contribution in [1.82, 2.24) is 10.1 Å². The number of ether oxygens (including phenoxy) is 2. The van der Waals surface area contributed by atoms with Crippen LogP contribution in [0.15, 0.2) is 34.9 Å². The number of methoxy groups -OCH3 is 1. The second-order valence-electron chi connectivity index (χ2n) is 5.59. The number of fused-ring (bicyclic) bond motifs is 1. The monoisotopic (exact) mass is 328 g/mol. The van der Waals surface area contributed by atoms with Crippen LogP contribution in [0.3, 0.4) is 0 Å². The zero-order valence-electron chi connectivity index (χ0n) is 12.8. The van der Waals surface area contributed by atoms with E-state index in [1.807, 2.05) is 0 Å². The second kappa shape index (κ2) is 5.59. The summed E-state index contributed by atoms with van der Waals surface area (Å²) >= 11 is 0. The van der Waals surface area contributed by atoms with E-state index in [0.29, 0.717) is 22.6 Å². The van der Waals surface area contributed by atoms with Crippen LogP contribution in [0.4, 0.5) is 9.18 Å². The predicted octanol–water partition coefficient (Wildman–Crippen LogP) is 4.05. The van der Waals surface area contributed by atoms with Crippen molar-refractivity contribution >= 4 is 17.3 Å². The fourth-order valence-electron chi connectivity index (χ4n) is 2.54. The molecule has 1 aromatic carbocycles. The molecule has 1 aliphatic rings. The predicted molar refractivity (Wildman–Crippen MR) is 82.2 cm³/mol. The molecule has 0 atom stereocenters. The van der Waals surface area contributed by atoms with E-state index < -0.39 is 6.16 Å². The Hall–Kier alpha value is -2.96. The molecule has 1 saturated carbocycles. The SMILES string of the molecule is COC(=O)Oc1cc(C2CC2)nc2onc(-c3ccc(F)cc3)c12. The van der Waals surface area contributed by atoms with E-state index >= 15 is 0 Å². The van der Waals surface area contributed by atoms with Gasteiger partial charge in [-0.3, -0.25) is 0 Å². The maximum atomic E-state index is 13.1. The van der Waals surface area contributed by atoms with Crippen molar-refractivity contribution in [2.45, 2.75) is 18.8 Å². The summed E-state index contributed by atoms with van der Waals surface area (Å²) in [4.78, 5) is 16.0. The first kappa shape index (κ1) is 14.6. The maximum absolute atomic E-state index is 13.1. The summed E-state index contributed by atoms with van der Waals surface area (Å²) in [6.07, 6.45) is 1.24. The van der Waals surface area contributed by atoms with E-state index in [1.165, 1.54) is 19.2 Å². The van der Waals surface area contributed by atoms with Crippen LogP contribution in [0.2, 0.25) is 0 Å². The molecule has 0 aliphatic heterocycles. The van der Waals surface area contributed by atoms with E-state index in [2.05, 4.69) is 14.9 Å². The lowest BCUT2D eigenvalue weighted by atomic mass is 10.1.